The van der Waals surface area contributed by atoms with E-state index in [2.05, 4.69) is 5.32 Å². The molecule has 2 aromatic carbocycles. The number of piperidine rings is 1. The summed E-state index contributed by atoms with van der Waals surface area (Å²) < 4.78 is 26.9. The first-order chi connectivity index (χ1) is 13.3. The van der Waals surface area contributed by atoms with Gasteiger partial charge in [0.05, 0.1) is 26.6 Å². The molecule has 3 rings (SSSR count). The number of benzene rings is 2. The van der Waals surface area contributed by atoms with E-state index in [1.54, 1.807) is 18.2 Å². The van der Waals surface area contributed by atoms with Crippen molar-refractivity contribution in [3.8, 4) is 6.07 Å². The maximum atomic E-state index is 12.7. The fourth-order valence-electron chi connectivity index (χ4n) is 3.03. The van der Waals surface area contributed by atoms with Crippen LogP contribution in [0.4, 0.5) is 5.69 Å². The molecule has 0 atom stereocenters. The first-order valence-electron chi connectivity index (χ1n) is 8.57. The van der Waals surface area contributed by atoms with Gasteiger partial charge in [-0.25, -0.2) is 8.42 Å². The lowest BCUT2D eigenvalue weighted by Gasteiger charge is -2.30. The molecule has 28 heavy (non-hydrogen) atoms. The summed E-state index contributed by atoms with van der Waals surface area (Å²) in [5.41, 5.74) is 0.948. The standard InChI is InChI=1S/C19H17Cl2N3O3S/c20-17-6-3-15(11-18(17)21)23-19(25)14-7-9-24(10-8-14)28(26,27)16-4-1-13(12-22)2-5-16/h1-6,11,14H,7-10H2,(H,23,25). The van der Waals surface area contributed by atoms with Crippen LogP contribution in [0.15, 0.2) is 47.4 Å². The fourth-order valence-corrected chi connectivity index (χ4v) is 4.79. The Morgan fingerprint density at radius 1 is 1.07 bits per heavy atom. The molecule has 6 nitrogen and oxygen atoms in total. The summed E-state index contributed by atoms with van der Waals surface area (Å²) in [5, 5.41) is 12.4. The first kappa shape index (κ1) is 20.6. The molecular weight excluding hydrogens is 421 g/mol. The number of amides is 1. The van der Waals surface area contributed by atoms with E-state index in [0.717, 1.165) is 0 Å². The number of hydrogen-bond acceptors (Lipinski definition) is 4. The van der Waals surface area contributed by atoms with E-state index in [1.807, 2.05) is 6.07 Å². The number of sulfonamides is 1. The number of carbonyl (C=O) groups excluding carboxylic acids is 1. The van der Waals surface area contributed by atoms with Crippen LogP contribution in [-0.2, 0) is 14.8 Å². The van der Waals surface area contributed by atoms with Crippen LogP contribution in [0.25, 0.3) is 0 Å². The third-order valence-electron chi connectivity index (χ3n) is 4.63. The van der Waals surface area contributed by atoms with E-state index in [4.69, 9.17) is 28.5 Å². The molecule has 1 N–H and O–H groups in total. The highest BCUT2D eigenvalue weighted by Crippen LogP contribution is 2.27. The first-order valence-corrected chi connectivity index (χ1v) is 10.8. The minimum Gasteiger partial charge on any atom is -0.326 e. The van der Waals surface area contributed by atoms with Crippen LogP contribution in [0.2, 0.25) is 10.0 Å². The summed E-state index contributed by atoms with van der Waals surface area (Å²) in [6.07, 6.45) is 0.839. The van der Waals surface area contributed by atoms with Crippen molar-refractivity contribution in [1.29, 1.82) is 5.26 Å². The van der Waals surface area contributed by atoms with E-state index in [-0.39, 0.29) is 29.8 Å². The van der Waals surface area contributed by atoms with Gasteiger partial charge in [0, 0.05) is 24.7 Å². The number of nitrogens with one attached hydrogen (secondary N) is 1. The Bertz CT molecular complexity index is 1030. The lowest BCUT2D eigenvalue weighted by atomic mass is 9.97. The Balaban J connectivity index is 1.62. The number of carbonyl (C=O) groups is 1. The molecule has 146 valence electrons. The zero-order valence-corrected chi connectivity index (χ0v) is 17.1. The molecule has 0 saturated carbocycles. The molecule has 1 heterocycles. The van der Waals surface area contributed by atoms with E-state index < -0.39 is 10.0 Å². The van der Waals surface area contributed by atoms with Crippen LogP contribution in [0, 0.1) is 17.2 Å². The van der Waals surface area contributed by atoms with Gasteiger partial charge < -0.3 is 5.32 Å². The summed E-state index contributed by atoms with van der Waals surface area (Å²) >= 11 is 11.8. The van der Waals surface area contributed by atoms with E-state index in [0.29, 0.717) is 34.1 Å². The van der Waals surface area contributed by atoms with Crippen molar-refractivity contribution in [3.05, 3.63) is 58.1 Å². The number of halogens is 2. The molecule has 2 aromatic rings. The third kappa shape index (κ3) is 4.47. The van der Waals surface area contributed by atoms with Crippen LogP contribution in [0.5, 0.6) is 0 Å². The Kier molecular flexibility index (Phi) is 6.26. The van der Waals surface area contributed by atoms with Crippen molar-refractivity contribution < 1.29 is 13.2 Å². The predicted molar refractivity (Wildman–Crippen MR) is 108 cm³/mol. The molecule has 0 spiro atoms. The number of rotatable bonds is 4. The highest BCUT2D eigenvalue weighted by molar-refractivity contribution is 7.89. The molecule has 1 amide bonds. The van der Waals surface area contributed by atoms with Crippen LogP contribution in [0.3, 0.4) is 0 Å². The Labute approximate surface area is 173 Å². The summed E-state index contributed by atoms with van der Waals surface area (Å²) in [4.78, 5) is 12.6. The maximum Gasteiger partial charge on any atom is 0.243 e. The van der Waals surface area contributed by atoms with Crippen molar-refractivity contribution in [2.75, 3.05) is 18.4 Å². The van der Waals surface area contributed by atoms with Gasteiger partial charge in [-0.15, -0.1) is 0 Å². The van der Waals surface area contributed by atoms with Gasteiger partial charge in [-0.05, 0) is 55.3 Å². The van der Waals surface area contributed by atoms with Crippen LogP contribution >= 0.6 is 23.2 Å². The van der Waals surface area contributed by atoms with Gasteiger partial charge in [-0.2, -0.15) is 9.57 Å². The predicted octanol–water partition coefficient (Wildman–Crippen LogP) is 3.90. The zero-order chi connectivity index (χ0) is 20.3. The molecule has 9 heteroatoms. The number of nitriles is 1. The van der Waals surface area contributed by atoms with Gasteiger partial charge >= 0.3 is 0 Å². The average Bonchev–Trinajstić information content (AvgIpc) is 2.71. The largest absolute Gasteiger partial charge is 0.326 e. The normalized spacial score (nSPS) is 15.8. The second kappa shape index (κ2) is 8.50. The monoisotopic (exact) mass is 437 g/mol. The summed E-state index contributed by atoms with van der Waals surface area (Å²) in [5.74, 6) is -0.462. The van der Waals surface area contributed by atoms with Crippen molar-refractivity contribution in [1.82, 2.24) is 4.31 Å². The van der Waals surface area contributed by atoms with Crippen LogP contribution < -0.4 is 5.32 Å². The van der Waals surface area contributed by atoms with E-state index in [1.165, 1.54) is 28.6 Å². The molecule has 1 aliphatic rings. The van der Waals surface area contributed by atoms with Gasteiger partial charge in [0.25, 0.3) is 0 Å². The molecule has 0 bridgehead atoms. The second-order valence-electron chi connectivity index (χ2n) is 6.43. The third-order valence-corrected chi connectivity index (χ3v) is 7.28. The summed E-state index contributed by atoms with van der Waals surface area (Å²) in [6, 6.07) is 12.6. The van der Waals surface area contributed by atoms with E-state index >= 15 is 0 Å². The lowest BCUT2D eigenvalue weighted by Crippen LogP contribution is -2.41. The van der Waals surface area contributed by atoms with Crippen molar-refractivity contribution >= 4 is 44.8 Å². The molecule has 0 aromatic heterocycles. The summed E-state index contributed by atoms with van der Waals surface area (Å²) in [6.45, 7) is 0.504. The topological polar surface area (TPSA) is 90.3 Å². The second-order valence-corrected chi connectivity index (χ2v) is 9.19. The van der Waals surface area contributed by atoms with Gasteiger partial charge in [-0.3, -0.25) is 4.79 Å². The molecule has 1 saturated heterocycles. The van der Waals surface area contributed by atoms with Crippen LogP contribution in [-0.4, -0.2) is 31.7 Å². The van der Waals surface area contributed by atoms with Gasteiger partial charge in [-0.1, -0.05) is 23.2 Å². The molecule has 0 aliphatic carbocycles. The van der Waals surface area contributed by atoms with Gasteiger partial charge in [0.1, 0.15) is 0 Å². The lowest BCUT2D eigenvalue weighted by molar-refractivity contribution is -0.120. The fraction of sp³-hybridized carbons (Fsp3) is 0.263. The SMILES string of the molecule is N#Cc1ccc(S(=O)(=O)N2CCC(C(=O)Nc3ccc(Cl)c(Cl)c3)CC2)cc1. The highest BCUT2D eigenvalue weighted by atomic mass is 35.5. The highest BCUT2D eigenvalue weighted by Gasteiger charge is 2.32. The molecule has 1 fully saturated rings. The molecule has 0 unspecified atom stereocenters. The van der Waals surface area contributed by atoms with Crippen LogP contribution in [0.1, 0.15) is 18.4 Å². The molecular formula is C19H17Cl2N3O3S. The Morgan fingerprint density at radius 3 is 2.29 bits per heavy atom. The Hall–Kier alpha value is -2.11. The number of hydrogen-bond donors (Lipinski definition) is 1. The quantitative estimate of drug-likeness (QED) is 0.784. The van der Waals surface area contributed by atoms with Crippen molar-refractivity contribution in [3.63, 3.8) is 0 Å². The summed E-state index contributed by atoms with van der Waals surface area (Å²) in [7, 11) is -3.65. The van der Waals surface area contributed by atoms with Crippen molar-refractivity contribution in [2.24, 2.45) is 5.92 Å². The molecule has 0 radical (unpaired) electrons. The molecule has 1 aliphatic heterocycles. The zero-order valence-electron chi connectivity index (χ0n) is 14.7. The average molecular weight is 438 g/mol. The van der Waals surface area contributed by atoms with E-state index in [9.17, 15) is 13.2 Å². The van der Waals surface area contributed by atoms with Crippen molar-refractivity contribution in [2.45, 2.75) is 17.7 Å². The maximum absolute atomic E-state index is 12.7. The smallest absolute Gasteiger partial charge is 0.243 e. The minimum atomic E-state index is -3.65. The number of nitrogens with zero attached hydrogens (tertiary/aromatic N) is 2. The Morgan fingerprint density at radius 2 is 1.71 bits per heavy atom. The number of anilines is 1. The minimum absolute atomic E-state index is 0.144. The van der Waals surface area contributed by atoms with Gasteiger partial charge in [0.2, 0.25) is 15.9 Å². The van der Waals surface area contributed by atoms with Gasteiger partial charge in [0.15, 0.2) is 0 Å².